The lowest BCUT2D eigenvalue weighted by Crippen LogP contribution is -2.32. The van der Waals surface area contributed by atoms with Crippen molar-refractivity contribution in [3.8, 4) is 5.75 Å². The van der Waals surface area contributed by atoms with Crippen LogP contribution in [0.3, 0.4) is 0 Å². The first-order valence-electron chi connectivity index (χ1n) is 10.7. The Morgan fingerprint density at radius 3 is 2.12 bits per heavy atom. The Bertz CT molecular complexity index is 1250. The van der Waals surface area contributed by atoms with E-state index in [1.165, 1.54) is 29.2 Å². The second-order valence-corrected chi connectivity index (χ2v) is 8.29. The fraction of sp³-hybridized carbons (Fsp3) is 0.185. The third-order valence-electron chi connectivity index (χ3n) is 5.46. The molecule has 6 heteroatoms. The Kier molecular flexibility index (Phi) is 6.01. The highest BCUT2D eigenvalue weighted by Crippen LogP contribution is 2.35. The fourth-order valence-corrected chi connectivity index (χ4v) is 3.66. The van der Waals surface area contributed by atoms with Crippen molar-refractivity contribution < 1.29 is 18.7 Å². The van der Waals surface area contributed by atoms with Gasteiger partial charge >= 0.3 is 0 Å². The molecule has 3 aromatic carbocycles. The van der Waals surface area contributed by atoms with Crippen molar-refractivity contribution in [2.45, 2.75) is 33.8 Å². The van der Waals surface area contributed by atoms with Gasteiger partial charge in [-0.15, -0.1) is 0 Å². The van der Waals surface area contributed by atoms with Gasteiger partial charge in [0.05, 0.1) is 17.4 Å². The Morgan fingerprint density at radius 2 is 1.52 bits per heavy atom. The van der Waals surface area contributed by atoms with Crippen LogP contribution >= 0.6 is 0 Å². The van der Waals surface area contributed by atoms with Gasteiger partial charge in [-0.1, -0.05) is 18.2 Å². The normalized spacial score (nSPS) is 13.8. The number of nitrogens with one attached hydrogen (secondary N) is 1. The lowest BCUT2D eigenvalue weighted by atomic mass is 10.0. The zero-order chi connectivity index (χ0) is 23.7. The minimum atomic E-state index is -0.468. The summed E-state index contributed by atoms with van der Waals surface area (Å²) in [6.07, 6.45) is 0.0146. The SMILES string of the molecule is Cc1ccc(N2C(=O)C(Nc3ccc(F)cc3)=C(c3ccc(OC(C)C)cc3)C2=O)cc1C. The first-order valence-corrected chi connectivity index (χ1v) is 10.7. The molecule has 0 spiro atoms. The molecule has 2 amide bonds. The third kappa shape index (κ3) is 4.51. The van der Waals surface area contributed by atoms with Crippen molar-refractivity contribution >= 4 is 28.8 Å². The molecule has 0 fully saturated rings. The number of carbonyl (C=O) groups excluding carboxylic acids is 2. The van der Waals surface area contributed by atoms with Crippen molar-refractivity contribution in [3.63, 3.8) is 0 Å². The Hall–Kier alpha value is -3.93. The lowest BCUT2D eigenvalue weighted by Gasteiger charge is -2.17. The predicted octanol–water partition coefficient (Wildman–Crippen LogP) is 5.63. The van der Waals surface area contributed by atoms with Gasteiger partial charge in [0.1, 0.15) is 17.3 Å². The van der Waals surface area contributed by atoms with Gasteiger partial charge in [-0.2, -0.15) is 0 Å². The topological polar surface area (TPSA) is 58.6 Å². The number of halogens is 1. The van der Waals surface area contributed by atoms with Gasteiger partial charge < -0.3 is 10.1 Å². The van der Waals surface area contributed by atoms with E-state index in [2.05, 4.69) is 5.32 Å². The highest BCUT2D eigenvalue weighted by molar-refractivity contribution is 6.46. The monoisotopic (exact) mass is 444 g/mol. The maximum atomic E-state index is 13.5. The number of anilines is 2. The van der Waals surface area contributed by atoms with Crippen LogP contribution in [0.25, 0.3) is 5.57 Å². The van der Waals surface area contributed by atoms with Crippen molar-refractivity contribution in [2.75, 3.05) is 10.2 Å². The van der Waals surface area contributed by atoms with E-state index in [1.54, 1.807) is 30.3 Å². The van der Waals surface area contributed by atoms with Crippen LogP contribution in [0.2, 0.25) is 0 Å². The van der Waals surface area contributed by atoms with Gasteiger partial charge in [-0.3, -0.25) is 9.59 Å². The van der Waals surface area contributed by atoms with Crippen LogP contribution in [0, 0.1) is 19.7 Å². The molecule has 3 aromatic rings. The summed E-state index contributed by atoms with van der Waals surface area (Å²) in [5.41, 5.74) is 4.02. The van der Waals surface area contributed by atoms with Crippen molar-refractivity contribution in [1.29, 1.82) is 0 Å². The summed E-state index contributed by atoms with van der Waals surface area (Å²) in [4.78, 5) is 28.2. The summed E-state index contributed by atoms with van der Waals surface area (Å²) in [5, 5.41) is 3.04. The van der Waals surface area contributed by atoms with Gasteiger partial charge in [-0.05, 0) is 92.9 Å². The van der Waals surface area contributed by atoms with Crippen LogP contribution < -0.4 is 15.0 Å². The van der Waals surface area contributed by atoms with E-state index in [9.17, 15) is 14.0 Å². The van der Waals surface area contributed by atoms with Crippen LogP contribution in [0.4, 0.5) is 15.8 Å². The van der Waals surface area contributed by atoms with Gasteiger partial charge in [-0.25, -0.2) is 9.29 Å². The number of ether oxygens (including phenoxy) is 1. The number of amides is 2. The standard InChI is InChI=1S/C27H25FN2O3/c1-16(2)33-23-13-6-19(7-14-23)24-25(29-21-10-8-20(28)9-11-21)27(32)30(26(24)31)22-12-5-17(3)18(4)15-22/h5-16,29H,1-4H3. The quantitative estimate of drug-likeness (QED) is 0.501. The molecule has 4 rings (SSSR count). The summed E-state index contributed by atoms with van der Waals surface area (Å²) in [5.74, 6) is -0.610. The van der Waals surface area contributed by atoms with Gasteiger partial charge in [0.15, 0.2) is 0 Å². The maximum absolute atomic E-state index is 13.5. The summed E-state index contributed by atoms with van der Waals surface area (Å²) >= 11 is 0. The van der Waals surface area contributed by atoms with Gasteiger partial charge in [0.2, 0.25) is 0 Å². The average molecular weight is 445 g/mol. The number of benzene rings is 3. The highest BCUT2D eigenvalue weighted by Gasteiger charge is 2.40. The Morgan fingerprint density at radius 1 is 0.848 bits per heavy atom. The molecule has 1 aliphatic heterocycles. The first-order chi connectivity index (χ1) is 15.7. The maximum Gasteiger partial charge on any atom is 0.282 e. The van der Waals surface area contributed by atoms with E-state index in [4.69, 9.17) is 4.74 Å². The average Bonchev–Trinajstić information content (AvgIpc) is 3.01. The van der Waals surface area contributed by atoms with Crippen LogP contribution in [0.5, 0.6) is 5.75 Å². The minimum absolute atomic E-state index is 0.0146. The molecule has 1 N–H and O–H groups in total. The number of nitrogens with zero attached hydrogens (tertiary/aromatic N) is 1. The fourth-order valence-electron chi connectivity index (χ4n) is 3.66. The Balaban J connectivity index is 1.78. The zero-order valence-electron chi connectivity index (χ0n) is 19.0. The molecule has 0 radical (unpaired) electrons. The molecule has 0 saturated carbocycles. The number of aryl methyl sites for hydroxylation is 2. The van der Waals surface area contributed by atoms with E-state index in [0.717, 1.165) is 11.1 Å². The van der Waals surface area contributed by atoms with E-state index in [0.29, 0.717) is 22.7 Å². The second-order valence-electron chi connectivity index (χ2n) is 8.29. The van der Waals surface area contributed by atoms with Crippen LogP contribution in [0.15, 0.2) is 72.4 Å². The van der Waals surface area contributed by atoms with Crippen LogP contribution in [0.1, 0.15) is 30.5 Å². The molecule has 0 bridgehead atoms. The summed E-state index contributed by atoms with van der Waals surface area (Å²) in [6, 6.07) is 18.2. The molecule has 1 heterocycles. The molecule has 0 aromatic heterocycles. The highest BCUT2D eigenvalue weighted by atomic mass is 19.1. The predicted molar refractivity (Wildman–Crippen MR) is 128 cm³/mol. The van der Waals surface area contributed by atoms with Crippen LogP contribution in [-0.4, -0.2) is 17.9 Å². The first kappa shape index (κ1) is 22.3. The zero-order valence-corrected chi connectivity index (χ0v) is 19.0. The van der Waals surface area contributed by atoms with Crippen molar-refractivity contribution in [2.24, 2.45) is 0 Å². The Labute approximate surface area is 192 Å². The summed E-state index contributed by atoms with van der Waals surface area (Å²) < 4.78 is 19.1. The molecule has 0 unspecified atom stereocenters. The number of imide groups is 1. The lowest BCUT2D eigenvalue weighted by molar-refractivity contribution is -0.120. The van der Waals surface area contributed by atoms with E-state index < -0.39 is 11.8 Å². The molecule has 0 saturated heterocycles. The van der Waals surface area contributed by atoms with Gasteiger partial charge in [0, 0.05) is 5.69 Å². The summed E-state index contributed by atoms with van der Waals surface area (Å²) in [6.45, 7) is 7.77. The van der Waals surface area contributed by atoms with Crippen molar-refractivity contribution in [3.05, 3.63) is 94.9 Å². The molecular formula is C27H25FN2O3. The van der Waals surface area contributed by atoms with E-state index in [-0.39, 0.29) is 23.2 Å². The summed E-state index contributed by atoms with van der Waals surface area (Å²) in [7, 11) is 0. The molecule has 33 heavy (non-hydrogen) atoms. The van der Waals surface area contributed by atoms with Crippen molar-refractivity contribution in [1.82, 2.24) is 0 Å². The molecule has 0 atom stereocenters. The molecule has 1 aliphatic rings. The molecular weight excluding hydrogens is 419 g/mol. The number of rotatable bonds is 6. The molecule has 5 nitrogen and oxygen atoms in total. The number of hydrogen-bond acceptors (Lipinski definition) is 4. The van der Waals surface area contributed by atoms with Crippen LogP contribution in [-0.2, 0) is 9.59 Å². The molecule has 168 valence electrons. The van der Waals surface area contributed by atoms with E-state index >= 15 is 0 Å². The second kappa shape index (κ2) is 8.90. The van der Waals surface area contributed by atoms with Gasteiger partial charge in [0.25, 0.3) is 11.8 Å². The largest absolute Gasteiger partial charge is 0.491 e. The minimum Gasteiger partial charge on any atom is -0.491 e. The number of carbonyl (C=O) groups is 2. The molecule has 0 aliphatic carbocycles. The third-order valence-corrected chi connectivity index (χ3v) is 5.46. The smallest absolute Gasteiger partial charge is 0.282 e. The van der Waals surface area contributed by atoms with E-state index in [1.807, 2.05) is 39.8 Å². The number of hydrogen-bond donors (Lipinski definition) is 1.